The van der Waals surface area contributed by atoms with Crippen molar-refractivity contribution in [2.24, 2.45) is 35.3 Å². The van der Waals surface area contributed by atoms with E-state index in [9.17, 15) is 29.1 Å². The predicted octanol–water partition coefficient (Wildman–Crippen LogP) is 4.58. The van der Waals surface area contributed by atoms with Crippen molar-refractivity contribution in [3.8, 4) is 0 Å². The fourth-order valence-electron chi connectivity index (χ4n) is 9.85. The Kier molecular flexibility index (Phi) is 18.3. The lowest BCUT2D eigenvalue weighted by Gasteiger charge is -2.47. The van der Waals surface area contributed by atoms with Crippen molar-refractivity contribution in [1.82, 2.24) is 10.2 Å². The van der Waals surface area contributed by atoms with Crippen LogP contribution in [0.25, 0.3) is 0 Å². The summed E-state index contributed by atoms with van der Waals surface area (Å²) in [6.45, 7) is 11.7. The third kappa shape index (κ3) is 12.1. The number of carbonyl (C=O) groups is 5. The summed E-state index contributed by atoms with van der Waals surface area (Å²) in [5, 5.41) is 15.0. The molecule has 334 valence electrons. The number of esters is 1. The topological polar surface area (TPSA) is 193 Å². The smallest absolute Gasteiger partial charge is 0.329 e. The van der Waals surface area contributed by atoms with Gasteiger partial charge in [0.05, 0.1) is 30.9 Å². The molecule has 0 aromatic rings. The third-order valence-electron chi connectivity index (χ3n) is 13.3. The van der Waals surface area contributed by atoms with E-state index in [1.54, 1.807) is 28.3 Å². The van der Waals surface area contributed by atoms with Crippen molar-refractivity contribution in [1.29, 1.82) is 0 Å². The van der Waals surface area contributed by atoms with E-state index in [1.807, 2.05) is 27.7 Å². The van der Waals surface area contributed by atoms with Gasteiger partial charge in [-0.05, 0) is 108 Å². The van der Waals surface area contributed by atoms with Crippen LogP contribution in [0.3, 0.4) is 0 Å². The molecule has 2 bridgehead atoms. The lowest BCUT2D eigenvalue weighted by atomic mass is 9.81. The van der Waals surface area contributed by atoms with Crippen LogP contribution in [0, 0.1) is 29.6 Å². The fourth-order valence-corrected chi connectivity index (χ4v) is 9.85. The molecule has 1 saturated carbocycles. The summed E-state index contributed by atoms with van der Waals surface area (Å²) >= 11 is 0. The van der Waals surface area contributed by atoms with E-state index >= 15 is 0 Å². The van der Waals surface area contributed by atoms with Gasteiger partial charge in [0.25, 0.3) is 11.7 Å². The van der Waals surface area contributed by atoms with E-state index in [0.717, 1.165) is 17.6 Å². The number of nitrogens with zero attached hydrogens (tertiary/aromatic N) is 1. The number of methoxy groups -OCH3 is 3. The molecule has 13 atom stereocenters. The number of nitrogens with one attached hydrogen (secondary N) is 1. The Morgan fingerprint density at radius 2 is 1.66 bits per heavy atom. The van der Waals surface area contributed by atoms with Crippen LogP contribution < -0.4 is 11.1 Å². The van der Waals surface area contributed by atoms with Gasteiger partial charge in [-0.1, -0.05) is 45.4 Å². The minimum Gasteiger partial charge on any atom is -0.456 e. The van der Waals surface area contributed by atoms with Gasteiger partial charge in [0.15, 0.2) is 0 Å². The first-order valence-corrected chi connectivity index (χ1v) is 21.9. The van der Waals surface area contributed by atoms with Gasteiger partial charge in [-0.2, -0.15) is 0 Å². The average Bonchev–Trinajstić information content (AvgIpc) is 3.22. The lowest BCUT2D eigenvalue weighted by molar-refractivity contribution is -0.302. The summed E-state index contributed by atoms with van der Waals surface area (Å²) in [6, 6.07) is -1.23. The monoisotopic (exact) mass is 832 g/mol. The first kappa shape index (κ1) is 48.7. The quantitative estimate of drug-likeness (QED) is 0.176. The van der Waals surface area contributed by atoms with E-state index in [1.165, 1.54) is 4.90 Å². The van der Waals surface area contributed by atoms with Crippen molar-refractivity contribution in [2.45, 2.75) is 167 Å². The number of allylic oxidation sites excluding steroid dienone is 3. The van der Waals surface area contributed by atoms with Gasteiger partial charge < -0.3 is 44.7 Å². The van der Waals surface area contributed by atoms with Crippen molar-refractivity contribution >= 4 is 29.4 Å². The fraction of sp³-hybridized carbons (Fsp3) is 0.800. The van der Waals surface area contributed by atoms with Crippen molar-refractivity contribution in [2.75, 3.05) is 34.4 Å². The lowest BCUT2D eigenvalue weighted by Crippen LogP contribution is -2.64. The zero-order chi connectivity index (χ0) is 43.6. The third-order valence-corrected chi connectivity index (χ3v) is 13.3. The first-order valence-electron chi connectivity index (χ1n) is 21.9. The van der Waals surface area contributed by atoms with Gasteiger partial charge in [-0.15, -0.1) is 0 Å². The number of ketones is 2. The van der Waals surface area contributed by atoms with Gasteiger partial charge in [0.1, 0.15) is 24.0 Å². The van der Waals surface area contributed by atoms with E-state index < -0.39 is 59.8 Å². The SMILES string of the molecule is CCC1C=C(C)CC(C)CC(OC)C2OC(O)(C(=O)C(=O)N3CCCCC3C(=O)OC(C(C)=CC3CCC(NC(=O)CN)C(OC)C3)C(C)CCC1=O)C(C)CC2OC. The number of Topliss-reactive ketones (excluding diaryl/α,β-unsaturated/α-hetero) is 2. The van der Waals surface area contributed by atoms with Crippen LogP contribution in [-0.2, 0) is 47.7 Å². The van der Waals surface area contributed by atoms with E-state index in [0.29, 0.717) is 57.8 Å². The summed E-state index contributed by atoms with van der Waals surface area (Å²) in [7, 11) is 4.72. The minimum atomic E-state index is -2.48. The number of amides is 2. The molecule has 1 aliphatic carbocycles. The van der Waals surface area contributed by atoms with Gasteiger partial charge in [0.2, 0.25) is 11.7 Å². The standard InChI is InChI=1S/C45H73N3O11/c1-10-32-20-26(2)19-27(3)21-37(56-8)41-38(57-9)23-30(6)45(54,59-41)42(51)43(52)48-18-12-11-13-34(48)44(53)58-40(28(4)14-17-35(32)49)29(5)22-31-15-16-33(36(24-31)55-7)47-39(50)25-46/h20,22,27-28,30-34,36-38,40-41,54H,10-19,21,23-25,46H2,1-9H3,(H,47,50). The van der Waals surface area contributed by atoms with Crippen LogP contribution in [0.15, 0.2) is 23.3 Å². The van der Waals surface area contributed by atoms with Crippen LogP contribution in [0.4, 0.5) is 0 Å². The molecule has 0 radical (unpaired) electrons. The maximum absolute atomic E-state index is 14.4. The zero-order valence-electron chi connectivity index (χ0n) is 37.0. The summed E-state index contributed by atoms with van der Waals surface area (Å²) < 4.78 is 30.2. The molecule has 4 N–H and O–H groups in total. The molecule has 2 saturated heterocycles. The molecule has 14 nitrogen and oxygen atoms in total. The van der Waals surface area contributed by atoms with Crippen LogP contribution in [0.5, 0.6) is 0 Å². The molecule has 59 heavy (non-hydrogen) atoms. The van der Waals surface area contributed by atoms with Crippen LogP contribution in [-0.4, -0.2) is 122 Å². The molecule has 3 heterocycles. The zero-order valence-corrected chi connectivity index (χ0v) is 37.0. The number of fused-ring (bicyclic) bond motifs is 3. The molecule has 4 aliphatic rings. The van der Waals surface area contributed by atoms with Gasteiger partial charge in [0, 0.05) is 46.1 Å². The molecule has 0 aromatic heterocycles. The molecule has 0 spiro atoms. The van der Waals surface area contributed by atoms with E-state index in [2.05, 4.69) is 24.4 Å². The van der Waals surface area contributed by atoms with Crippen molar-refractivity contribution in [3.63, 3.8) is 0 Å². The molecule has 2 amide bonds. The Bertz CT molecular complexity index is 1530. The van der Waals surface area contributed by atoms with E-state index in [4.69, 9.17) is 29.4 Å². The second kappa shape index (κ2) is 22.2. The van der Waals surface area contributed by atoms with E-state index in [-0.39, 0.29) is 73.4 Å². The molecule has 3 fully saturated rings. The van der Waals surface area contributed by atoms with Crippen molar-refractivity contribution < 1.29 is 52.8 Å². The van der Waals surface area contributed by atoms with Crippen molar-refractivity contribution in [3.05, 3.63) is 23.3 Å². The first-order chi connectivity index (χ1) is 28.0. The van der Waals surface area contributed by atoms with Gasteiger partial charge in [-0.3, -0.25) is 19.2 Å². The number of piperidine rings is 1. The molecular weight excluding hydrogens is 759 g/mol. The number of carbonyl (C=O) groups excluding carboxylic acids is 5. The van der Waals surface area contributed by atoms with Crippen LogP contribution >= 0.6 is 0 Å². The Balaban J connectivity index is 1.71. The predicted molar refractivity (Wildman–Crippen MR) is 222 cm³/mol. The molecule has 3 aliphatic heterocycles. The maximum atomic E-state index is 14.4. The van der Waals surface area contributed by atoms with Crippen LogP contribution in [0.2, 0.25) is 0 Å². The number of hydrogen-bond donors (Lipinski definition) is 3. The Morgan fingerprint density at radius 1 is 0.983 bits per heavy atom. The highest BCUT2D eigenvalue weighted by Crippen LogP contribution is 2.39. The molecular formula is C45H73N3O11. The number of hydrogen-bond acceptors (Lipinski definition) is 12. The highest BCUT2D eigenvalue weighted by Gasteiger charge is 2.56. The van der Waals surface area contributed by atoms with Gasteiger partial charge >= 0.3 is 5.97 Å². The highest BCUT2D eigenvalue weighted by molar-refractivity contribution is 6.39. The second-order valence-corrected chi connectivity index (χ2v) is 17.9. The van der Waals surface area contributed by atoms with Gasteiger partial charge in [-0.25, -0.2) is 4.79 Å². The minimum absolute atomic E-state index is 0.0615. The number of ether oxygens (including phenoxy) is 5. The second-order valence-electron chi connectivity index (χ2n) is 17.9. The molecule has 13 unspecified atom stereocenters. The summed E-state index contributed by atoms with van der Waals surface area (Å²) in [6.07, 6.45) is 7.62. The number of nitrogens with two attached hydrogens (primary N) is 1. The normalized spacial score (nSPS) is 37.8. The maximum Gasteiger partial charge on any atom is 0.329 e. The Hall–Kier alpha value is -3.01. The average molecular weight is 832 g/mol. The highest BCUT2D eigenvalue weighted by atomic mass is 16.7. The number of cyclic esters (lactones) is 1. The molecule has 14 heteroatoms. The Labute approximate surface area is 351 Å². The molecule has 0 aromatic carbocycles. The number of rotatable bonds is 8. The number of aliphatic hydroxyl groups is 1. The summed E-state index contributed by atoms with van der Waals surface area (Å²) in [5.74, 6) is -6.57. The summed E-state index contributed by atoms with van der Waals surface area (Å²) in [5.41, 5.74) is 7.43. The molecule has 4 rings (SSSR count). The Morgan fingerprint density at radius 3 is 2.31 bits per heavy atom. The largest absolute Gasteiger partial charge is 0.456 e. The summed E-state index contributed by atoms with van der Waals surface area (Å²) in [4.78, 5) is 70.0. The van der Waals surface area contributed by atoms with Crippen LogP contribution in [0.1, 0.15) is 119 Å².